The highest BCUT2D eigenvalue weighted by Crippen LogP contribution is 2.33. The number of phenolic OH excluding ortho intramolecular Hbond substituents is 1. The van der Waals surface area contributed by atoms with Crippen LogP contribution in [-0.4, -0.2) is 16.2 Å². The lowest BCUT2D eigenvalue weighted by atomic mass is 9.84. The van der Waals surface area contributed by atoms with E-state index in [2.05, 4.69) is 0 Å². The lowest BCUT2D eigenvalue weighted by molar-refractivity contribution is -0.141. The van der Waals surface area contributed by atoms with Crippen LogP contribution in [0.4, 0.5) is 0 Å². The molecule has 0 bridgehead atoms. The number of carboxylic acids is 1. The van der Waals surface area contributed by atoms with Gasteiger partial charge in [0.15, 0.2) is 0 Å². The molecule has 0 heterocycles. The summed E-state index contributed by atoms with van der Waals surface area (Å²) in [4.78, 5) is 10.8. The molecule has 0 radical (unpaired) electrons. The van der Waals surface area contributed by atoms with E-state index in [0.29, 0.717) is 12.0 Å². The van der Waals surface area contributed by atoms with Crippen molar-refractivity contribution in [1.29, 1.82) is 0 Å². The van der Waals surface area contributed by atoms with Gasteiger partial charge in [-0.15, -0.1) is 0 Å². The summed E-state index contributed by atoms with van der Waals surface area (Å²) in [5.74, 6) is -1.10. The summed E-state index contributed by atoms with van der Waals surface area (Å²) >= 11 is 0. The molecule has 1 aromatic carbocycles. The minimum Gasteiger partial charge on any atom is -0.507 e. The number of hydrogen-bond donors (Lipinski definition) is 2. The van der Waals surface area contributed by atoms with Crippen molar-refractivity contribution in [1.82, 2.24) is 0 Å². The SMILES string of the molecule is CC(Cc1cccc(C(C)(C)C)c1O)C(=O)O. The van der Waals surface area contributed by atoms with Gasteiger partial charge in [0, 0.05) is 0 Å². The molecule has 1 atom stereocenters. The normalized spacial score (nSPS) is 13.4. The molecular weight excluding hydrogens is 216 g/mol. The summed E-state index contributed by atoms with van der Waals surface area (Å²) in [5.41, 5.74) is 1.41. The highest BCUT2D eigenvalue weighted by Gasteiger charge is 2.21. The predicted molar refractivity (Wildman–Crippen MR) is 67.3 cm³/mol. The minimum atomic E-state index is -0.842. The van der Waals surface area contributed by atoms with E-state index in [-0.39, 0.29) is 11.2 Å². The van der Waals surface area contributed by atoms with Gasteiger partial charge in [-0.1, -0.05) is 45.9 Å². The van der Waals surface area contributed by atoms with Crippen LogP contribution in [0, 0.1) is 5.92 Å². The maximum Gasteiger partial charge on any atom is 0.306 e. The number of carbonyl (C=O) groups is 1. The van der Waals surface area contributed by atoms with E-state index < -0.39 is 11.9 Å². The first-order valence-electron chi connectivity index (χ1n) is 5.77. The average molecular weight is 236 g/mol. The lowest BCUT2D eigenvalue weighted by Crippen LogP contribution is -2.15. The van der Waals surface area contributed by atoms with Gasteiger partial charge in [-0.25, -0.2) is 0 Å². The van der Waals surface area contributed by atoms with E-state index in [1.54, 1.807) is 13.0 Å². The molecule has 0 aliphatic carbocycles. The number of para-hydroxylation sites is 1. The number of aliphatic carboxylic acids is 1. The number of phenols is 1. The largest absolute Gasteiger partial charge is 0.507 e. The van der Waals surface area contributed by atoms with Crippen LogP contribution < -0.4 is 0 Å². The molecule has 1 rings (SSSR count). The molecule has 0 aromatic heterocycles. The zero-order chi connectivity index (χ0) is 13.2. The van der Waals surface area contributed by atoms with Crippen LogP contribution in [0.5, 0.6) is 5.75 Å². The van der Waals surface area contributed by atoms with Gasteiger partial charge in [-0.3, -0.25) is 4.79 Å². The van der Waals surface area contributed by atoms with Crippen LogP contribution in [0.1, 0.15) is 38.8 Å². The Kier molecular flexibility index (Phi) is 3.81. The van der Waals surface area contributed by atoms with Gasteiger partial charge in [0.05, 0.1) is 5.92 Å². The Morgan fingerprint density at radius 2 is 1.94 bits per heavy atom. The Morgan fingerprint density at radius 3 is 2.41 bits per heavy atom. The molecule has 0 saturated carbocycles. The van der Waals surface area contributed by atoms with E-state index in [9.17, 15) is 9.90 Å². The van der Waals surface area contributed by atoms with Gasteiger partial charge in [0.1, 0.15) is 5.75 Å². The first kappa shape index (κ1) is 13.6. The van der Waals surface area contributed by atoms with Crippen molar-refractivity contribution in [2.75, 3.05) is 0 Å². The van der Waals surface area contributed by atoms with Crippen molar-refractivity contribution in [2.24, 2.45) is 5.92 Å². The molecule has 0 amide bonds. The molecule has 1 aromatic rings. The van der Waals surface area contributed by atoms with Gasteiger partial charge < -0.3 is 10.2 Å². The van der Waals surface area contributed by atoms with Crippen molar-refractivity contribution >= 4 is 5.97 Å². The van der Waals surface area contributed by atoms with Crippen LogP contribution >= 0.6 is 0 Å². The second-order valence-electron chi connectivity index (χ2n) is 5.51. The monoisotopic (exact) mass is 236 g/mol. The third kappa shape index (κ3) is 3.22. The second kappa shape index (κ2) is 4.78. The zero-order valence-electron chi connectivity index (χ0n) is 10.8. The summed E-state index contributed by atoms with van der Waals surface area (Å²) in [7, 11) is 0. The third-order valence-electron chi connectivity index (χ3n) is 2.88. The molecule has 0 aliphatic heterocycles. The molecule has 1 unspecified atom stereocenters. The van der Waals surface area contributed by atoms with E-state index in [4.69, 9.17) is 5.11 Å². The maximum atomic E-state index is 10.8. The molecule has 0 aliphatic rings. The van der Waals surface area contributed by atoms with Crippen molar-refractivity contribution in [3.63, 3.8) is 0 Å². The average Bonchev–Trinajstić information content (AvgIpc) is 2.19. The molecule has 3 nitrogen and oxygen atoms in total. The van der Waals surface area contributed by atoms with Gasteiger partial charge in [-0.2, -0.15) is 0 Å². The van der Waals surface area contributed by atoms with Gasteiger partial charge >= 0.3 is 5.97 Å². The molecule has 17 heavy (non-hydrogen) atoms. The molecule has 0 fully saturated rings. The van der Waals surface area contributed by atoms with Gasteiger partial charge in [-0.05, 0) is 23.0 Å². The second-order valence-corrected chi connectivity index (χ2v) is 5.51. The fourth-order valence-electron chi connectivity index (χ4n) is 1.78. The Labute approximate surface area is 102 Å². The van der Waals surface area contributed by atoms with E-state index >= 15 is 0 Å². The molecule has 0 saturated heterocycles. The minimum absolute atomic E-state index is 0.146. The van der Waals surface area contributed by atoms with E-state index in [1.165, 1.54) is 0 Å². The number of benzene rings is 1. The first-order chi connectivity index (χ1) is 7.73. The smallest absolute Gasteiger partial charge is 0.306 e. The number of rotatable bonds is 3. The summed E-state index contributed by atoms with van der Waals surface area (Å²) in [6.45, 7) is 7.71. The Bertz CT molecular complexity index is 416. The lowest BCUT2D eigenvalue weighted by Gasteiger charge is -2.22. The highest BCUT2D eigenvalue weighted by molar-refractivity contribution is 5.70. The molecular formula is C14H20O3. The Balaban J connectivity index is 3.07. The molecule has 94 valence electrons. The Morgan fingerprint density at radius 1 is 1.35 bits per heavy atom. The first-order valence-corrected chi connectivity index (χ1v) is 5.77. The van der Waals surface area contributed by atoms with Crippen LogP contribution in [0.2, 0.25) is 0 Å². The van der Waals surface area contributed by atoms with Crippen molar-refractivity contribution in [3.05, 3.63) is 29.3 Å². The maximum absolute atomic E-state index is 10.8. The summed E-state index contributed by atoms with van der Waals surface area (Å²) in [6, 6.07) is 5.53. The van der Waals surface area contributed by atoms with Crippen LogP contribution in [-0.2, 0) is 16.6 Å². The zero-order valence-corrected chi connectivity index (χ0v) is 10.8. The summed E-state index contributed by atoms with van der Waals surface area (Å²) in [5, 5.41) is 19.0. The third-order valence-corrected chi connectivity index (χ3v) is 2.88. The fraction of sp³-hybridized carbons (Fsp3) is 0.500. The standard InChI is InChI=1S/C14H20O3/c1-9(13(16)17)8-10-6-5-7-11(12(10)15)14(2,3)4/h5-7,9,15H,8H2,1-4H3,(H,16,17). The van der Waals surface area contributed by atoms with Crippen molar-refractivity contribution in [3.8, 4) is 5.75 Å². The number of carboxylic acid groups (broad SMARTS) is 1. The van der Waals surface area contributed by atoms with Crippen LogP contribution in [0.3, 0.4) is 0 Å². The van der Waals surface area contributed by atoms with Gasteiger partial charge in [0.25, 0.3) is 0 Å². The van der Waals surface area contributed by atoms with Gasteiger partial charge in [0.2, 0.25) is 0 Å². The quantitative estimate of drug-likeness (QED) is 0.848. The molecule has 3 heteroatoms. The van der Waals surface area contributed by atoms with E-state index in [0.717, 1.165) is 5.56 Å². The summed E-state index contributed by atoms with van der Waals surface area (Å²) in [6.07, 6.45) is 0.352. The Hall–Kier alpha value is -1.51. The van der Waals surface area contributed by atoms with Crippen molar-refractivity contribution in [2.45, 2.75) is 39.5 Å². The fourth-order valence-corrected chi connectivity index (χ4v) is 1.78. The van der Waals surface area contributed by atoms with E-state index in [1.807, 2.05) is 32.9 Å². The molecule has 0 spiro atoms. The number of aromatic hydroxyl groups is 1. The highest BCUT2D eigenvalue weighted by atomic mass is 16.4. The van der Waals surface area contributed by atoms with Crippen LogP contribution in [0.25, 0.3) is 0 Å². The number of hydrogen-bond acceptors (Lipinski definition) is 2. The van der Waals surface area contributed by atoms with Crippen molar-refractivity contribution < 1.29 is 15.0 Å². The topological polar surface area (TPSA) is 57.5 Å². The van der Waals surface area contributed by atoms with Crippen LogP contribution in [0.15, 0.2) is 18.2 Å². The predicted octanol–water partition coefficient (Wildman–Crippen LogP) is 2.95. The summed E-state index contributed by atoms with van der Waals surface area (Å²) < 4.78 is 0. The molecule has 2 N–H and O–H groups in total.